The summed E-state index contributed by atoms with van der Waals surface area (Å²) in [5, 5.41) is 3.91. The van der Waals surface area contributed by atoms with Gasteiger partial charge in [0.15, 0.2) is 5.82 Å². The quantitative estimate of drug-likeness (QED) is 0.838. The summed E-state index contributed by atoms with van der Waals surface area (Å²) in [4.78, 5) is 21.1. The van der Waals surface area contributed by atoms with Crippen LogP contribution in [-0.2, 0) is 16.9 Å². The molecule has 1 aromatic carbocycles. The number of aromatic nitrogens is 2. The Morgan fingerprint density at radius 1 is 1.19 bits per heavy atom. The molecule has 0 spiro atoms. The van der Waals surface area contributed by atoms with E-state index in [1.54, 1.807) is 13.8 Å². The summed E-state index contributed by atoms with van der Waals surface area (Å²) in [7, 11) is 0. The molecule has 1 saturated heterocycles. The van der Waals surface area contributed by atoms with Crippen LogP contribution in [0.3, 0.4) is 0 Å². The lowest BCUT2D eigenvalue weighted by Crippen LogP contribution is -2.56. The van der Waals surface area contributed by atoms with Crippen LogP contribution in [0.25, 0.3) is 0 Å². The topological polar surface area (TPSA) is 88.5 Å². The number of carbonyl (C=O) groups is 1. The Labute approximate surface area is 165 Å². The first-order chi connectivity index (χ1) is 11.5. The molecule has 144 valence electrons. The van der Waals surface area contributed by atoms with Gasteiger partial charge < -0.3 is 15.2 Å². The van der Waals surface area contributed by atoms with Crippen LogP contribution in [0.2, 0.25) is 0 Å². The van der Waals surface area contributed by atoms with E-state index >= 15 is 0 Å². The van der Waals surface area contributed by atoms with Crippen molar-refractivity contribution in [3.05, 3.63) is 47.6 Å². The van der Waals surface area contributed by atoms with Crippen molar-refractivity contribution in [2.24, 2.45) is 5.73 Å². The van der Waals surface area contributed by atoms with E-state index in [2.05, 4.69) is 15.0 Å². The number of hydrogen-bond acceptors (Lipinski definition) is 6. The summed E-state index contributed by atoms with van der Waals surface area (Å²) >= 11 is 0. The molecule has 2 N–H and O–H groups in total. The Kier molecular flexibility index (Phi) is 8.02. The van der Waals surface area contributed by atoms with Crippen molar-refractivity contribution in [2.45, 2.75) is 25.9 Å². The molecule has 1 aliphatic heterocycles. The van der Waals surface area contributed by atoms with Gasteiger partial charge in [-0.15, -0.1) is 24.8 Å². The SMILES string of the molecule is Cc1nc(CN2CCN(C(=O)C(C)(N)c3ccccc3)CC2)no1.Cl.Cl. The van der Waals surface area contributed by atoms with Gasteiger partial charge in [-0.1, -0.05) is 35.5 Å². The lowest BCUT2D eigenvalue weighted by molar-refractivity contribution is -0.138. The Balaban J connectivity index is 0.00000169. The lowest BCUT2D eigenvalue weighted by atomic mass is 9.91. The third-order valence-corrected chi connectivity index (χ3v) is 4.41. The van der Waals surface area contributed by atoms with Crippen LogP contribution in [0.1, 0.15) is 24.2 Å². The molecule has 1 aromatic heterocycles. The fourth-order valence-corrected chi connectivity index (χ4v) is 2.95. The van der Waals surface area contributed by atoms with Gasteiger partial charge >= 0.3 is 0 Å². The van der Waals surface area contributed by atoms with Crippen LogP contribution in [0.4, 0.5) is 0 Å². The fraction of sp³-hybridized carbons (Fsp3) is 0.471. The van der Waals surface area contributed by atoms with Crippen molar-refractivity contribution in [1.29, 1.82) is 0 Å². The van der Waals surface area contributed by atoms with Crippen molar-refractivity contribution in [2.75, 3.05) is 26.2 Å². The van der Waals surface area contributed by atoms with Crippen molar-refractivity contribution in [1.82, 2.24) is 19.9 Å². The Morgan fingerprint density at radius 3 is 2.35 bits per heavy atom. The van der Waals surface area contributed by atoms with Gasteiger partial charge in [0.25, 0.3) is 0 Å². The second-order valence-corrected chi connectivity index (χ2v) is 6.37. The second-order valence-electron chi connectivity index (χ2n) is 6.37. The zero-order valence-electron chi connectivity index (χ0n) is 14.9. The van der Waals surface area contributed by atoms with Crippen molar-refractivity contribution >= 4 is 30.7 Å². The van der Waals surface area contributed by atoms with Gasteiger partial charge in [-0.3, -0.25) is 9.69 Å². The van der Waals surface area contributed by atoms with E-state index in [1.165, 1.54) is 0 Å². The molecular weight excluding hydrogens is 377 g/mol. The van der Waals surface area contributed by atoms with Crippen molar-refractivity contribution < 1.29 is 9.32 Å². The molecule has 0 aliphatic carbocycles. The summed E-state index contributed by atoms with van der Waals surface area (Å²) in [6.07, 6.45) is 0. The second kappa shape index (κ2) is 9.32. The van der Waals surface area contributed by atoms with Gasteiger partial charge in [0, 0.05) is 33.1 Å². The zero-order chi connectivity index (χ0) is 17.2. The molecule has 3 rings (SSSR count). The van der Waals surface area contributed by atoms with Gasteiger partial charge in [0.2, 0.25) is 11.8 Å². The maximum absolute atomic E-state index is 12.8. The van der Waals surface area contributed by atoms with E-state index in [9.17, 15) is 4.79 Å². The van der Waals surface area contributed by atoms with Crippen LogP contribution in [0.5, 0.6) is 0 Å². The summed E-state index contributed by atoms with van der Waals surface area (Å²) in [6.45, 7) is 7.02. The summed E-state index contributed by atoms with van der Waals surface area (Å²) in [5.41, 5.74) is 6.16. The Morgan fingerprint density at radius 2 is 1.81 bits per heavy atom. The van der Waals surface area contributed by atoms with Crippen LogP contribution >= 0.6 is 24.8 Å². The zero-order valence-corrected chi connectivity index (χ0v) is 16.6. The summed E-state index contributed by atoms with van der Waals surface area (Å²) in [6, 6.07) is 9.51. The number of aryl methyl sites for hydroxylation is 1. The highest BCUT2D eigenvalue weighted by molar-refractivity contribution is 5.87. The first kappa shape index (κ1) is 22.4. The maximum atomic E-state index is 12.8. The largest absolute Gasteiger partial charge is 0.340 e. The van der Waals surface area contributed by atoms with Gasteiger partial charge in [-0.2, -0.15) is 4.98 Å². The number of piperazine rings is 1. The molecule has 0 bridgehead atoms. The van der Waals surface area contributed by atoms with E-state index in [0.29, 0.717) is 31.3 Å². The smallest absolute Gasteiger partial charge is 0.247 e. The van der Waals surface area contributed by atoms with E-state index in [0.717, 1.165) is 18.7 Å². The number of amides is 1. The predicted molar refractivity (Wildman–Crippen MR) is 103 cm³/mol. The minimum absolute atomic E-state index is 0. The third kappa shape index (κ3) is 4.94. The molecule has 7 nitrogen and oxygen atoms in total. The summed E-state index contributed by atoms with van der Waals surface area (Å²) < 4.78 is 4.99. The molecule has 1 unspecified atom stereocenters. The fourth-order valence-electron chi connectivity index (χ4n) is 2.95. The number of rotatable bonds is 4. The number of nitrogens with two attached hydrogens (primary N) is 1. The molecule has 0 saturated carbocycles. The van der Waals surface area contributed by atoms with E-state index in [4.69, 9.17) is 10.3 Å². The van der Waals surface area contributed by atoms with Gasteiger partial charge in [-0.05, 0) is 12.5 Å². The minimum Gasteiger partial charge on any atom is -0.340 e. The predicted octanol–water partition coefficient (Wildman–Crippen LogP) is 1.74. The number of nitrogens with zero attached hydrogens (tertiary/aromatic N) is 4. The lowest BCUT2D eigenvalue weighted by Gasteiger charge is -2.38. The maximum Gasteiger partial charge on any atom is 0.247 e. The van der Waals surface area contributed by atoms with Gasteiger partial charge in [0.05, 0.1) is 6.54 Å². The van der Waals surface area contributed by atoms with Crippen LogP contribution in [0, 0.1) is 6.92 Å². The monoisotopic (exact) mass is 401 g/mol. The molecule has 1 atom stereocenters. The molecule has 2 aromatic rings. The number of hydrogen-bond donors (Lipinski definition) is 1. The normalized spacial score (nSPS) is 17.0. The van der Waals surface area contributed by atoms with E-state index < -0.39 is 5.54 Å². The van der Waals surface area contributed by atoms with Crippen molar-refractivity contribution in [3.63, 3.8) is 0 Å². The number of benzene rings is 1. The molecule has 9 heteroatoms. The molecule has 26 heavy (non-hydrogen) atoms. The Bertz CT molecular complexity index is 700. The Hall–Kier alpha value is -1.67. The highest BCUT2D eigenvalue weighted by Gasteiger charge is 2.35. The average Bonchev–Trinajstić information content (AvgIpc) is 3.00. The molecule has 2 heterocycles. The molecular formula is C17H25Cl2N5O2. The number of carbonyl (C=O) groups excluding carboxylic acids is 1. The van der Waals surface area contributed by atoms with Crippen LogP contribution in [-0.4, -0.2) is 52.0 Å². The molecule has 1 aliphatic rings. The summed E-state index contributed by atoms with van der Waals surface area (Å²) in [5.74, 6) is 1.21. The highest BCUT2D eigenvalue weighted by atomic mass is 35.5. The average molecular weight is 402 g/mol. The standard InChI is InChI=1S/C17H23N5O2.2ClH/c1-13-19-15(20-24-13)12-21-8-10-22(11-9-21)16(23)17(2,18)14-6-4-3-5-7-14;;/h3-7H,8-12,18H2,1-2H3;2*1H. The first-order valence-corrected chi connectivity index (χ1v) is 8.12. The third-order valence-electron chi connectivity index (χ3n) is 4.41. The molecule has 1 fully saturated rings. The van der Waals surface area contributed by atoms with E-state index in [1.807, 2.05) is 35.2 Å². The van der Waals surface area contributed by atoms with Gasteiger partial charge in [-0.25, -0.2) is 0 Å². The van der Waals surface area contributed by atoms with E-state index in [-0.39, 0.29) is 30.7 Å². The first-order valence-electron chi connectivity index (χ1n) is 8.12. The van der Waals surface area contributed by atoms with Crippen molar-refractivity contribution in [3.8, 4) is 0 Å². The molecule has 0 radical (unpaired) electrons. The van der Waals surface area contributed by atoms with Crippen LogP contribution in [0.15, 0.2) is 34.9 Å². The van der Waals surface area contributed by atoms with Gasteiger partial charge in [0.1, 0.15) is 5.54 Å². The minimum atomic E-state index is -1.01. The van der Waals surface area contributed by atoms with Crippen LogP contribution < -0.4 is 5.73 Å². The molecule has 1 amide bonds. The highest BCUT2D eigenvalue weighted by Crippen LogP contribution is 2.21. The number of halogens is 2.